The number of aliphatic hydroxyl groups is 1. The molecule has 2 heterocycles. The summed E-state index contributed by atoms with van der Waals surface area (Å²) in [5.41, 5.74) is 2.46. The molecule has 5 rings (SSSR count). The molecule has 1 fully saturated rings. The van der Waals surface area contributed by atoms with Crippen LogP contribution in [0.5, 0.6) is 11.5 Å². The Morgan fingerprint density at radius 1 is 1.00 bits per heavy atom. The number of thiazole rings is 1. The van der Waals surface area contributed by atoms with Crippen molar-refractivity contribution >= 4 is 55.7 Å². The van der Waals surface area contributed by atoms with E-state index in [1.54, 1.807) is 0 Å². The van der Waals surface area contributed by atoms with E-state index in [1.807, 2.05) is 48.5 Å². The molecule has 1 N–H and O–H groups in total. The van der Waals surface area contributed by atoms with Crippen LogP contribution in [0.25, 0.3) is 16.0 Å². The number of nitrogens with zero attached hydrogens (tertiary/aromatic N) is 2. The second kappa shape index (κ2) is 10.0. The van der Waals surface area contributed by atoms with Crippen molar-refractivity contribution in [2.45, 2.75) is 32.2 Å². The highest BCUT2D eigenvalue weighted by molar-refractivity contribution is 7.22. The van der Waals surface area contributed by atoms with E-state index >= 15 is 0 Å². The van der Waals surface area contributed by atoms with Gasteiger partial charge >= 0.3 is 5.91 Å². The molecule has 1 aliphatic rings. The molecule has 3 aromatic carbocycles. The van der Waals surface area contributed by atoms with Crippen molar-refractivity contribution in [2.24, 2.45) is 0 Å². The Labute approximate surface area is 235 Å². The number of methoxy groups -OCH3 is 2. The number of anilines is 1. The first kappa shape index (κ1) is 26.7. The van der Waals surface area contributed by atoms with Crippen LogP contribution >= 0.6 is 22.9 Å². The van der Waals surface area contributed by atoms with Crippen molar-refractivity contribution < 1.29 is 24.2 Å². The number of hydrogen-bond acceptors (Lipinski definition) is 7. The van der Waals surface area contributed by atoms with E-state index < -0.39 is 23.5 Å². The maximum atomic E-state index is 13.6. The van der Waals surface area contributed by atoms with Crippen molar-refractivity contribution in [1.29, 1.82) is 0 Å². The van der Waals surface area contributed by atoms with Gasteiger partial charge in [-0.2, -0.15) is 0 Å². The number of carbonyl (C=O) groups excluding carboxylic acids is 2. The van der Waals surface area contributed by atoms with Crippen LogP contribution in [-0.4, -0.2) is 36.0 Å². The molecule has 1 saturated heterocycles. The first-order valence-corrected chi connectivity index (χ1v) is 13.4. The molecule has 0 saturated carbocycles. The van der Waals surface area contributed by atoms with Gasteiger partial charge in [0.2, 0.25) is 0 Å². The van der Waals surface area contributed by atoms with Crippen molar-refractivity contribution in [1.82, 2.24) is 4.98 Å². The highest BCUT2D eigenvalue weighted by Crippen LogP contribution is 2.46. The van der Waals surface area contributed by atoms with E-state index in [-0.39, 0.29) is 33.1 Å². The Balaban J connectivity index is 1.76. The summed E-state index contributed by atoms with van der Waals surface area (Å²) >= 11 is 7.58. The molecule has 200 valence electrons. The molecule has 0 bridgehead atoms. The molecule has 0 aliphatic carbocycles. The van der Waals surface area contributed by atoms with Gasteiger partial charge in [0.25, 0.3) is 5.78 Å². The lowest BCUT2D eigenvalue weighted by molar-refractivity contribution is -0.132. The third-order valence-corrected chi connectivity index (χ3v) is 8.09. The monoisotopic (exact) mass is 562 g/mol. The van der Waals surface area contributed by atoms with Gasteiger partial charge in [0, 0.05) is 6.07 Å². The van der Waals surface area contributed by atoms with E-state index in [4.69, 9.17) is 21.1 Å². The normalized spacial score (nSPS) is 17.2. The standard InChI is InChI=1S/C30H27ClN2O5S/c1-30(2,3)17-12-10-16(11-13-17)25-24(26(34)18-14-22(38-5)19(31)15-21(18)37-4)27(35)28(36)33(25)29-32-20-8-6-7-9-23(20)39-29/h6-15,25,34H,1-5H3/b26-24+. The first-order valence-electron chi connectivity index (χ1n) is 12.2. The van der Waals surface area contributed by atoms with Crippen LogP contribution in [0.2, 0.25) is 5.02 Å². The van der Waals surface area contributed by atoms with Gasteiger partial charge in [-0.25, -0.2) is 4.98 Å². The van der Waals surface area contributed by atoms with Crippen molar-refractivity contribution in [3.8, 4) is 11.5 Å². The van der Waals surface area contributed by atoms with E-state index in [0.717, 1.165) is 10.3 Å². The summed E-state index contributed by atoms with van der Waals surface area (Å²) < 4.78 is 11.7. The minimum atomic E-state index is -0.925. The summed E-state index contributed by atoms with van der Waals surface area (Å²) in [6.45, 7) is 6.32. The van der Waals surface area contributed by atoms with Crippen LogP contribution in [-0.2, 0) is 15.0 Å². The van der Waals surface area contributed by atoms with Gasteiger partial charge in [0.05, 0.1) is 46.6 Å². The molecular weight excluding hydrogens is 536 g/mol. The number of ketones is 1. The Morgan fingerprint density at radius 2 is 1.67 bits per heavy atom. The van der Waals surface area contributed by atoms with Crippen LogP contribution in [0.1, 0.15) is 43.5 Å². The SMILES string of the molecule is COc1cc(/C(O)=C2\C(=O)C(=O)N(c3nc4ccccc4s3)C2c2ccc(C(C)(C)C)cc2)c(OC)cc1Cl. The summed E-state index contributed by atoms with van der Waals surface area (Å²) in [5, 5.41) is 12.3. The fraction of sp³-hybridized carbons (Fsp3) is 0.233. The second-order valence-electron chi connectivity index (χ2n) is 10.2. The maximum Gasteiger partial charge on any atom is 0.301 e. The zero-order chi connectivity index (χ0) is 28.1. The average Bonchev–Trinajstić information content (AvgIpc) is 3.46. The highest BCUT2D eigenvalue weighted by Gasteiger charge is 2.48. The van der Waals surface area contributed by atoms with Gasteiger partial charge in [-0.3, -0.25) is 14.5 Å². The number of carbonyl (C=O) groups is 2. The number of aliphatic hydroxyl groups excluding tert-OH is 1. The summed E-state index contributed by atoms with van der Waals surface area (Å²) in [6.07, 6.45) is 0. The van der Waals surface area contributed by atoms with Gasteiger partial charge in [0.1, 0.15) is 17.3 Å². The number of amides is 1. The second-order valence-corrected chi connectivity index (χ2v) is 11.6. The van der Waals surface area contributed by atoms with Crippen LogP contribution in [0.4, 0.5) is 5.13 Å². The van der Waals surface area contributed by atoms with Gasteiger partial charge in [-0.1, -0.05) is 80.1 Å². The first-order chi connectivity index (χ1) is 18.5. The third kappa shape index (κ3) is 4.64. The van der Waals surface area contributed by atoms with Crippen LogP contribution in [0.3, 0.4) is 0 Å². The van der Waals surface area contributed by atoms with Crippen LogP contribution in [0.15, 0.2) is 66.2 Å². The maximum absolute atomic E-state index is 13.6. The summed E-state index contributed by atoms with van der Waals surface area (Å²) in [4.78, 5) is 33.2. The molecule has 39 heavy (non-hydrogen) atoms. The topological polar surface area (TPSA) is 89.0 Å². The zero-order valence-corrected chi connectivity index (χ0v) is 23.7. The van der Waals surface area contributed by atoms with E-state index in [2.05, 4.69) is 25.8 Å². The molecule has 9 heteroatoms. The quantitative estimate of drug-likeness (QED) is 0.162. The van der Waals surface area contributed by atoms with E-state index in [9.17, 15) is 14.7 Å². The van der Waals surface area contributed by atoms with Gasteiger partial charge < -0.3 is 14.6 Å². The van der Waals surface area contributed by atoms with Gasteiger partial charge in [0.15, 0.2) is 5.13 Å². The highest BCUT2D eigenvalue weighted by atomic mass is 35.5. The number of halogens is 1. The predicted octanol–water partition coefficient (Wildman–Crippen LogP) is 6.89. The number of aromatic nitrogens is 1. The molecule has 4 aromatic rings. The van der Waals surface area contributed by atoms with Crippen molar-refractivity contribution in [2.75, 3.05) is 19.1 Å². The number of Topliss-reactive ketones (excluding diaryl/α,β-unsaturated/α-hetero) is 1. The Hall–Kier alpha value is -3.88. The van der Waals surface area contributed by atoms with Crippen molar-refractivity contribution in [3.05, 3.63) is 87.9 Å². The van der Waals surface area contributed by atoms with Gasteiger partial charge in [-0.15, -0.1) is 0 Å². The molecule has 0 spiro atoms. The van der Waals surface area contributed by atoms with E-state index in [1.165, 1.54) is 42.6 Å². The smallest absolute Gasteiger partial charge is 0.301 e. The zero-order valence-electron chi connectivity index (χ0n) is 22.1. The molecule has 0 radical (unpaired) electrons. The third-order valence-electron chi connectivity index (χ3n) is 6.75. The number of rotatable bonds is 5. The Kier molecular flexibility index (Phi) is 6.86. The fourth-order valence-corrected chi connectivity index (χ4v) is 5.89. The molecule has 1 unspecified atom stereocenters. The molecule has 1 amide bonds. The van der Waals surface area contributed by atoms with E-state index in [0.29, 0.717) is 16.2 Å². The molecule has 1 atom stereocenters. The average molecular weight is 563 g/mol. The summed E-state index contributed by atoms with van der Waals surface area (Å²) in [6, 6.07) is 17.3. The fourth-order valence-electron chi connectivity index (χ4n) is 4.66. The largest absolute Gasteiger partial charge is 0.507 e. The minimum absolute atomic E-state index is 0.0783. The van der Waals surface area contributed by atoms with Gasteiger partial charge in [-0.05, 0) is 34.7 Å². The molecule has 1 aromatic heterocycles. The summed E-state index contributed by atoms with van der Waals surface area (Å²) in [7, 11) is 2.87. The molecular formula is C30H27ClN2O5S. The Bertz CT molecular complexity index is 1600. The lowest BCUT2D eigenvalue weighted by atomic mass is 9.85. The molecule has 1 aliphatic heterocycles. The lowest BCUT2D eigenvalue weighted by Crippen LogP contribution is -2.29. The molecule has 7 nitrogen and oxygen atoms in total. The number of hydrogen-bond donors (Lipinski definition) is 1. The Morgan fingerprint density at radius 3 is 2.28 bits per heavy atom. The number of ether oxygens (including phenoxy) is 2. The number of para-hydroxylation sites is 1. The number of benzene rings is 3. The predicted molar refractivity (Wildman–Crippen MR) is 154 cm³/mol. The summed E-state index contributed by atoms with van der Waals surface area (Å²) in [5.74, 6) is -1.49. The minimum Gasteiger partial charge on any atom is -0.507 e. The van der Waals surface area contributed by atoms with Crippen LogP contribution in [0, 0.1) is 0 Å². The number of fused-ring (bicyclic) bond motifs is 1. The van der Waals surface area contributed by atoms with Crippen LogP contribution < -0.4 is 14.4 Å². The van der Waals surface area contributed by atoms with Crippen molar-refractivity contribution in [3.63, 3.8) is 0 Å². The lowest BCUT2D eigenvalue weighted by Gasteiger charge is -2.25.